The van der Waals surface area contributed by atoms with Crippen molar-refractivity contribution in [2.75, 3.05) is 6.54 Å². The molecule has 1 aromatic rings. The lowest BCUT2D eigenvalue weighted by atomic mass is 10.1. The summed E-state index contributed by atoms with van der Waals surface area (Å²) in [5.41, 5.74) is 0.792. The molecule has 0 heterocycles. The van der Waals surface area contributed by atoms with Crippen LogP contribution in [0.25, 0.3) is 0 Å². The van der Waals surface area contributed by atoms with Crippen LogP contribution in [0.4, 0.5) is 0 Å². The van der Waals surface area contributed by atoms with Crippen LogP contribution in [0.15, 0.2) is 22.7 Å². The Balaban J connectivity index is 2.97. The molecule has 76 valence electrons. The average Bonchev–Trinajstić information content (AvgIpc) is 2.24. The van der Waals surface area contributed by atoms with Gasteiger partial charge in [-0.2, -0.15) is 5.26 Å². The highest BCUT2D eigenvalue weighted by Crippen LogP contribution is 2.26. The van der Waals surface area contributed by atoms with E-state index in [0.717, 1.165) is 10.0 Å². The normalized spacial score (nSPS) is 11.5. The lowest BCUT2D eigenvalue weighted by Gasteiger charge is -2.11. The van der Waals surface area contributed by atoms with Crippen molar-refractivity contribution in [1.29, 1.82) is 5.26 Å². The average molecular weight is 284 g/mol. The summed E-state index contributed by atoms with van der Waals surface area (Å²) in [5.74, 6) is 2.43. The van der Waals surface area contributed by atoms with Crippen LogP contribution in [0, 0.1) is 23.7 Å². The van der Waals surface area contributed by atoms with Gasteiger partial charge in [-0.05, 0) is 23.8 Å². The van der Waals surface area contributed by atoms with Crippen molar-refractivity contribution in [1.82, 2.24) is 5.32 Å². The molecule has 15 heavy (non-hydrogen) atoms. The standard InChI is InChI=1S/C11H8BrClN2/c1-2-5-15-11(7-14)9-6-8(13)3-4-10(9)12/h1,3-4,6,11,15H,5H2. The zero-order valence-electron chi connectivity index (χ0n) is 7.80. The Hall–Kier alpha value is -1.000. The Morgan fingerprint density at radius 3 is 2.93 bits per heavy atom. The highest BCUT2D eigenvalue weighted by atomic mass is 79.9. The Labute approximate surface area is 102 Å². The summed E-state index contributed by atoms with van der Waals surface area (Å²) in [7, 11) is 0. The smallest absolute Gasteiger partial charge is 0.123 e. The first-order valence-electron chi connectivity index (χ1n) is 4.20. The van der Waals surface area contributed by atoms with E-state index in [2.05, 4.69) is 33.2 Å². The second-order valence-corrected chi connectivity index (χ2v) is 4.10. The van der Waals surface area contributed by atoms with Gasteiger partial charge in [0.05, 0.1) is 12.6 Å². The fourth-order valence-electron chi connectivity index (χ4n) is 1.12. The van der Waals surface area contributed by atoms with Crippen LogP contribution in [0.1, 0.15) is 11.6 Å². The highest BCUT2D eigenvalue weighted by Gasteiger charge is 2.12. The van der Waals surface area contributed by atoms with E-state index >= 15 is 0 Å². The van der Waals surface area contributed by atoms with Gasteiger partial charge in [-0.1, -0.05) is 33.5 Å². The minimum absolute atomic E-state index is 0.344. The van der Waals surface area contributed by atoms with E-state index in [1.165, 1.54) is 0 Å². The summed E-state index contributed by atoms with van der Waals surface area (Å²) in [6.07, 6.45) is 5.12. The lowest BCUT2D eigenvalue weighted by Crippen LogP contribution is -2.20. The molecule has 1 aromatic carbocycles. The van der Waals surface area contributed by atoms with Gasteiger partial charge in [-0.3, -0.25) is 5.32 Å². The van der Waals surface area contributed by atoms with E-state index in [1.54, 1.807) is 18.2 Å². The molecule has 1 rings (SSSR count). The number of hydrogen-bond acceptors (Lipinski definition) is 2. The van der Waals surface area contributed by atoms with Gasteiger partial charge < -0.3 is 0 Å². The molecule has 0 aliphatic carbocycles. The monoisotopic (exact) mass is 282 g/mol. The molecule has 0 saturated heterocycles. The second-order valence-electron chi connectivity index (χ2n) is 2.81. The maximum atomic E-state index is 8.98. The summed E-state index contributed by atoms with van der Waals surface area (Å²) >= 11 is 9.22. The molecule has 2 nitrogen and oxygen atoms in total. The molecular formula is C11H8BrClN2. The first-order chi connectivity index (χ1) is 7.19. The van der Waals surface area contributed by atoms with E-state index < -0.39 is 6.04 Å². The molecule has 0 aromatic heterocycles. The predicted molar refractivity (Wildman–Crippen MR) is 64.3 cm³/mol. The number of halogens is 2. The number of nitrogens with one attached hydrogen (secondary N) is 1. The van der Waals surface area contributed by atoms with Gasteiger partial charge >= 0.3 is 0 Å². The van der Waals surface area contributed by atoms with Crippen molar-refractivity contribution < 1.29 is 0 Å². The van der Waals surface area contributed by atoms with E-state index in [9.17, 15) is 0 Å². The molecule has 0 saturated carbocycles. The van der Waals surface area contributed by atoms with Gasteiger partial charge in [0.2, 0.25) is 0 Å². The van der Waals surface area contributed by atoms with Crippen LogP contribution in [0.2, 0.25) is 5.02 Å². The van der Waals surface area contributed by atoms with E-state index in [0.29, 0.717) is 11.6 Å². The maximum absolute atomic E-state index is 8.98. The summed E-state index contributed by atoms with van der Waals surface area (Å²) in [6, 6.07) is 6.97. The van der Waals surface area contributed by atoms with Crippen LogP contribution in [-0.2, 0) is 0 Å². The van der Waals surface area contributed by atoms with E-state index in [1.807, 2.05) is 0 Å². The molecule has 0 fully saturated rings. The van der Waals surface area contributed by atoms with Crippen LogP contribution < -0.4 is 5.32 Å². The third kappa shape index (κ3) is 3.25. The fraction of sp³-hybridized carbons (Fsp3) is 0.182. The van der Waals surface area contributed by atoms with E-state index in [4.69, 9.17) is 23.3 Å². The first-order valence-corrected chi connectivity index (χ1v) is 5.37. The molecule has 0 aliphatic rings. The predicted octanol–water partition coefficient (Wildman–Crippen LogP) is 2.89. The van der Waals surface area contributed by atoms with Crippen molar-refractivity contribution in [3.63, 3.8) is 0 Å². The molecular weight excluding hydrogens is 275 g/mol. The number of benzene rings is 1. The van der Waals surface area contributed by atoms with Gasteiger partial charge in [-0.15, -0.1) is 6.42 Å². The number of nitriles is 1. The van der Waals surface area contributed by atoms with Gasteiger partial charge in [0, 0.05) is 9.50 Å². The quantitative estimate of drug-likeness (QED) is 0.866. The first kappa shape index (κ1) is 12.1. The van der Waals surface area contributed by atoms with Crippen molar-refractivity contribution in [2.24, 2.45) is 0 Å². The largest absolute Gasteiger partial charge is 0.287 e. The zero-order valence-corrected chi connectivity index (χ0v) is 10.1. The van der Waals surface area contributed by atoms with Crippen molar-refractivity contribution in [3.05, 3.63) is 33.3 Å². The molecule has 4 heteroatoms. The molecule has 1 N–H and O–H groups in total. The lowest BCUT2D eigenvalue weighted by molar-refractivity contribution is 0.688. The van der Waals surface area contributed by atoms with Crippen LogP contribution in [0.5, 0.6) is 0 Å². The fourth-order valence-corrected chi connectivity index (χ4v) is 1.78. The maximum Gasteiger partial charge on any atom is 0.123 e. The molecule has 1 unspecified atom stereocenters. The minimum atomic E-state index is -0.450. The van der Waals surface area contributed by atoms with E-state index in [-0.39, 0.29) is 0 Å². The molecule has 0 spiro atoms. The van der Waals surface area contributed by atoms with Crippen LogP contribution in [0.3, 0.4) is 0 Å². The van der Waals surface area contributed by atoms with Crippen molar-refractivity contribution in [3.8, 4) is 18.4 Å². The number of terminal acetylenes is 1. The third-order valence-electron chi connectivity index (χ3n) is 1.81. The molecule has 1 atom stereocenters. The number of hydrogen-bond donors (Lipinski definition) is 1. The number of rotatable bonds is 3. The number of nitrogens with zero attached hydrogens (tertiary/aromatic N) is 1. The summed E-state index contributed by atoms with van der Waals surface area (Å²) in [6.45, 7) is 0.344. The van der Waals surface area contributed by atoms with Crippen molar-refractivity contribution >= 4 is 27.5 Å². The molecule has 0 bridgehead atoms. The van der Waals surface area contributed by atoms with Gasteiger partial charge in [0.25, 0.3) is 0 Å². The third-order valence-corrected chi connectivity index (χ3v) is 2.76. The van der Waals surface area contributed by atoms with Crippen LogP contribution >= 0.6 is 27.5 Å². The Bertz CT molecular complexity index is 431. The summed E-state index contributed by atoms with van der Waals surface area (Å²) in [5, 5.41) is 12.5. The SMILES string of the molecule is C#CCNC(C#N)c1cc(Cl)ccc1Br. The minimum Gasteiger partial charge on any atom is -0.287 e. The topological polar surface area (TPSA) is 35.8 Å². The molecule has 0 amide bonds. The molecule has 0 radical (unpaired) electrons. The van der Waals surface area contributed by atoms with Gasteiger partial charge in [0.15, 0.2) is 0 Å². The summed E-state index contributed by atoms with van der Waals surface area (Å²) < 4.78 is 0.836. The zero-order chi connectivity index (χ0) is 11.3. The van der Waals surface area contributed by atoms with Gasteiger partial charge in [0.1, 0.15) is 6.04 Å². The highest BCUT2D eigenvalue weighted by molar-refractivity contribution is 9.10. The second kappa shape index (κ2) is 5.78. The molecule has 0 aliphatic heterocycles. The van der Waals surface area contributed by atoms with Crippen molar-refractivity contribution in [2.45, 2.75) is 6.04 Å². The summed E-state index contributed by atoms with van der Waals surface area (Å²) in [4.78, 5) is 0. The van der Waals surface area contributed by atoms with Gasteiger partial charge in [-0.25, -0.2) is 0 Å². The Morgan fingerprint density at radius 1 is 1.60 bits per heavy atom. The Kier molecular flexibility index (Phi) is 4.65. The van der Waals surface area contributed by atoms with Crippen LogP contribution in [-0.4, -0.2) is 6.54 Å². The Morgan fingerprint density at radius 2 is 2.33 bits per heavy atom.